The minimum Gasteiger partial charge on any atom is -0.312 e. The third kappa shape index (κ3) is 1.75. The van der Waals surface area contributed by atoms with Gasteiger partial charge in [-0.3, -0.25) is 9.59 Å². The Balaban J connectivity index is 2.50. The van der Waals surface area contributed by atoms with Gasteiger partial charge in [-0.1, -0.05) is 17.4 Å². The zero-order chi connectivity index (χ0) is 10.1. The summed E-state index contributed by atoms with van der Waals surface area (Å²) < 4.78 is 0.911. The van der Waals surface area contributed by atoms with Crippen LogP contribution in [0.2, 0.25) is 0 Å². The van der Waals surface area contributed by atoms with Crippen molar-refractivity contribution in [1.82, 2.24) is 4.98 Å². The Morgan fingerprint density at radius 1 is 1.50 bits per heavy atom. The lowest BCUT2D eigenvalue weighted by atomic mass is 10.1. The number of H-pyrrole nitrogens is 1. The highest BCUT2D eigenvalue weighted by molar-refractivity contribution is 7.16. The lowest BCUT2D eigenvalue weighted by Crippen LogP contribution is -1.95. The van der Waals surface area contributed by atoms with E-state index < -0.39 is 0 Å². The van der Waals surface area contributed by atoms with Gasteiger partial charge in [0, 0.05) is 6.42 Å². The minimum absolute atomic E-state index is 0.0556. The van der Waals surface area contributed by atoms with E-state index in [1.807, 2.05) is 18.2 Å². The first kappa shape index (κ1) is 9.15. The van der Waals surface area contributed by atoms with Crippen LogP contribution in [-0.2, 0) is 11.2 Å². The van der Waals surface area contributed by atoms with E-state index in [-0.39, 0.29) is 10.7 Å². The number of hydrogen-bond donors (Lipinski definition) is 1. The second-order valence-electron chi connectivity index (χ2n) is 3.22. The molecule has 0 amide bonds. The minimum atomic E-state index is -0.0556. The van der Waals surface area contributed by atoms with Gasteiger partial charge in [-0.15, -0.1) is 0 Å². The van der Waals surface area contributed by atoms with Gasteiger partial charge in [-0.25, -0.2) is 0 Å². The van der Waals surface area contributed by atoms with Crippen molar-refractivity contribution in [1.29, 1.82) is 0 Å². The summed E-state index contributed by atoms with van der Waals surface area (Å²) in [4.78, 5) is 24.6. The zero-order valence-electron chi connectivity index (χ0n) is 7.66. The van der Waals surface area contributed by atoms with Crippen molar-refractivity contribution < 1.29 is 4.79 Å². The number of nitrogens with one attached hydrogen (secondary N) is 1. The molecule has 3 nitrogen and oxygen atoms in total. The smallest absolute Gasteiger partial charge is 0.305 e. The Morgan fingerprint density at radius 3 is 3.00 bits per heavy atom. The van der Waals surface area contributed by atoms with Crippen LogP contribution in [-0.4, -0.2) is 10.8 Å². The van der Waals surface area contributed by atoms with Gasteiger partial charge in [-0.05, 0) is 24.6 Å². The van der Waals surface area contributed by atoms with Gasteiger partial charge in [0.2, 0.25) is 0 Å². The van der Waals surface area contributed by atoms with Crippen molar-refractivity contribution in [2.24, 2.45) is 0 Å². The molecular weight excluding hydrogens is 198 g/mol. The molecule has 1 aromatic carbocycles. The first-order valence-electron chi connectivity index (χ1n) is 4.26. The lowest BCUT2D eigenvalue weighted by molar-refractivity contribution is -0.116. The second-order valence-corrected chi connectivity index (χ2v) is 4.24. The molecule has 1 N–H and O–H groups in total. The first-order chi connectivity index (χ1) is 6.65. The van der Waals surface area contributed by atoms with E-state index in [2.05, 4.69) is 4.98 Å². The van der Waals surface area contributed by atoms with Gasteiger partial charge in [0.25, 0.3) is 0 Å². The van der Waals surface area contributed by atoms with Crippen LogP contribution in [0.5, 0.6) is 0 Å². The molecule has 0 aliphatic heterocycles. The normalized spacial score (nSPS) is 10.6. The van der Waals surface area contributed by atoms with Crippen molar-refractivity contribution in [3.05, 3.63) is 33.4 Å². The molecule has 4 heteroatoms. The summed E-state index contributed by atoms with van der Waals surface area (Å²) in [6.07, 6.45) is 0.433. The van der Waals surface area contributed by atoms with Gasteiger partial charge in [-0.2, -0.15) is 0 Å². The van der Waals surface area contributed by atoms with Crippen LogP contribution in [0.3, 0.4) is 0 Å². The average molecular weight is 207 g/mol. The second kappa shape index (κ2) is 3.38. The Bertz CT molecular complexity index is 538. The number of hydrogen-bond acceptors (Lipinski definition) is 3. The standard InChI is InChI=1S/C10H9NO2S/c1-6(12)4-7-2-3-8-9(5-7)14-10(13)11-8/h2-3,5H,4H2,1H3,(H,11,13). The van der Waals surface area contributed by atoms with Crippen LogP contribution in [0, 0.1) is 0 Å². The van der Waals surface area contributed by atoms with Crippen molar-refractivity contribution in [2.75, 3.05) is 0 Å². The summed E-state index contributed by atoms with van der Waals surface area (Å²) in [5.41, 5.74) is 1.80. The molecule has 0 spiro atoms. The van der Waals surface area contributed by atoms with Gasteiger partial charge >= 0.3 is 4.87 Å². The molecule has 14 heavy (non-hydrogen) atoms. The van der Waals surface area contributed by atoms with Crippen molar-refractivity contribution in [3.63, 3.8) is 0 Å². The molecule has 72 valence electrons. The average Bonchev–Trinajstić information content (AvgIpc) is 2.42. The van der Waals surface area contributed by atoms with Gasteiger partial charge < -0.3 is 4.98 Å². The molecule has 0 aliphatic rings. The largest absolute Gasteiger partial charge is 0.312 e. The molecule has 0 unspecified atom stereocenters. The quantitative estimate of drug-likeness (QED) is 0.815. The predicted octanol–water partition coefficient (Wildman–Crippen LogP) is 1.72. The maximum atomic E-state index is 11.0. The van der Waals surface area contributed by atoms with Crippen LogP contribution in [0.25, 0.3) is 10.2 Å². The predicted molar refractivity (Wildman–Crippen MR) is 56.8 cm³/mol. The molecule has 0 saturated carbocycles. The van der Waals surface area contributed by atoms with Crippen LogP contribution in [0.1, 0.15) is 12.5 Å². The van der Waals surface area contributed by atoms with E-state index in [0.29, 0.717) is 6.42 Å². The third-order valence-electron chi connectivity index (χ3n) is 1.94. The topological polar surface area (TPSA) is 49.9 Å². The molecule has 1 aromatic heterocycles. The number of benzene rings is 1. The van der Waals surface area contributed by atoms with Gasteiger partial charge in [0.15, 0.2) is 0 Å². The summed E-state index contributed by atoms with van der Waals surface area (Å²) in [5, 5.41) is 0. The Kier molecular flexibility index (Phi) is 2.21. The molecule has 0 fully saturated rings. The Morgan fingerprint density at radius 2 is 2.29 bits per heavy atom. The molecule has 0 atom stereocenters. The number of carbonyl (C=O) groups is 1. The summed E-state index contributed by atoms with van der Waals surface area (Å²) >= 11 is 1.17. The number of aromatic amines is 1. The fourth-order valence-electron chi connectivity index (χ4n) is 1.39. The summed E-state index contributed by atoms with van der Waals surface area (Å²) in [6, 6.07) is 5.59. The molecule has 2 aromatic rings. The van der Waals surface area contributed by atoms with Crippen LogP contribution in [0.15, 0.2) is 23.0 Å². The van der Waals surface area contributed by atoms with E-state index >= 15 is 0 Å². The van der Waals surface area contributed by atoms with Crippen LogP contribution in [0.4, 0.5) is 0 Å². The zero-order valence-corrected chi connectivity index (χ0v) is 8.48. The van der Waals surface area contributed by atoms with Gasteiger partial charge in [0.05, 0.1) is 10.2 Å². The summed E-state index contributed by atoms with van der Waals surface area (Å²) in [7, 11) is 0. The number of aromatic nitrogens is 1. The fraction of sp³-hybridized carbons (Fsp3) is 0.200. The maximum absolute atomic E-state index is 11.0. The third-order valence-corrected chi connectivity index (χ3v) is 2.78. The summed E-state index contributed by atoms with van der Waals surface area (Å²) in [6.45, 7) is 1.56. The van der Waals surface area contributed by atoms with Crippen LogP contribution < -0.4 is 4.87 Å². The molecule has 2 rings (SSSR count). The number of ketones is 1. The molecule has 0 saturated heterocycles. The Labute approximate surface area is 84.4 Å². The van der Waals surface area contributed by atoms with E-state index in [1.165, 1.54) is 11.3 Å². The highest BCUT2D eigenvalue weighted by Crippen LogP contribution is 2.16. The lowest BCUT2D eigenvalue weighted by Gasteiger charge is -1.96. The number of thiazole rings is 1. The first-order valence-corrected chi connectivity index (χ1v) is 5.08. The van der Waals surface area contributed by atoms with E-state index in [0.717, 1.165) is 15.8 Å². The van der Waals surface area contributed by atoms with Crippen LogP contribution >= 0.6 is 11.3 Å². The Hall–Kier alpha value is -1.42. The summed E-state index contributed by atoms with van der Waals surface area (Å²) in [5.74, 6) is 0.132. The van der Waals surface area contributed by atoms with Crippen molar-refractivity contribution >= 4 is 27.3 Å². The molecular formula is C10H9NO2S. The van der Waals surface area contributed by atoms with E-state index in [1.54, 1.807) is 6.92 Å². The SMILES string of the molecule is CC(=O)Cc1ccc2[nH]c(=O)sc2c1. The maximum Gasteiger partial charge on any atom is 0.305 e. The molecule has 0 bridgehead atoms. The number of rotatable bonds is 2. The fourth-order valence-corrected chi connectivity index (χ4v) is 2.19. The number of carbonyl (C=O) groups excluding carboxylic acids is 1. The van der Waals surface area contributed by atoms with Crippen molar-refractivity contribution in [2.45, 2.75) is 13.3 Å². The highest BCUT2D eigenvalue weighted by atomic mass is 32.1. The van der Waals surface area contributed by atoms with E-state index in [4.69, 9.17) is 0 Å². The molecule has 0 aliphatic carbocycles. The number of fused-ring (bicyclic) bond motifs is 1. The van der Waals surface area contributed by atoms with Gasteiger partial charge in [0.1, 0.15) is 5.78 Å². The van der Waals surface area contributed by atoms with E-state index in [9.17, 15) is 9.59 Å². The highest BCUT2D eigenvalue weighted by Gasteiger charge is 2.02. The number of Topliss-reactive ketones (excluding diaryl/α,β-unsaturated/α-hetero) is 1. The molecule has 0 radical (unpaired) electrons. The molecule has 1 heterocycles. The van der Waals surface area contributed by atoms with Crippen molar-refractivity contribution in [3.8, 4) is 0 Å². The monoisotopic (exact) mass is 207 g/mol.